The summed E-state index contributed by atoms with van der Waals surface area (Å²) in [7, 11) is 0. The molecule has 0 N–H and O–H groups in total. The lowest BCUT2D eigenvalue weighted by Gasteiger charge is -2.20. The van der Waals surface area contributed by atoms with Gasteiger partial charge in [0.25, 0.3) is 0 Å². The summed E-state index contributed by atoms with van der Waals surface area (Å²) in [5, 5.41) is 3.01. The van der Waals surface area contributed by atoms with Crippen molar-refractivity contribution in [3.63, 3.8) is 0 Å². The normalized spacial score (nSPS) is 16.6. The number of nitrogens with zero attached hydrogens (tertiary/aromatic N) is 1. The molecule has 0 radical (unpaired) electrons. The van der Waals surface area contributed by atoms with Crippen LogP contribution in [0.2, 0.25) is 0 Å². The second kappa shape index (κ2) is 8.47. The highest BCUT2D eigenvalue weighted by Gasteiger charge is 2.28. The molecule has 110 valence electrons. The smallest absolute Gasteiger partial charge is 0.315 e. The van der Waals surface area contributed by atoms with E-state index in [-0.39, 0.29) is 11.9 Å². The first kappa shape index (κ1) is 15.6. The van der Waals surface area contributed by atoms with Crippen LogP contribution in [0.25, 0.3) is 0 Å². The first-order chi connectivity index (χ1) is 9.81. The van der Waals surface area contributed by atoms with Crippen molar-refractivity contribution in [3.05, 3.63) is 22.4 Å². The van der Waals surface area contributed by atoms with Crippen LogP contribution in [-0.2, 0) is 16.0 Å². The molecule has 2 rings (SSSR count). The van der Waals surface area contributed by atoms with E-state index >= 15 is 0 Å². The zero-order valence-corrected chi connectivity index (χ0v) is 13.5. The molecule has 1 aromatic heterocycles. The second-order valence-corrected chi connectivity index (χ2v) is 6.93. The summed E-state index contributed by atoms with van der Waals surface area (Å²) in [5.74, 6) is 0.734. The monoisotopic (exact) mass is 311 g/mol. The molecular formula is C15H21NO2S2. The zero-order chi connectivity index (χ0) is 14.2. The van der Waals surface area contributed by atoms with Gasteiger partial charge in [-0.3, -0.25) is 9.79 Å². The summed E-state index contributed by atoms with van der Waals surface area (Å²) in [6, 6.07) is 4.10. The van der Waals surface area contributed by atoms with Crippen LogP contribution in [0.5, 0.6) is 0 Å². The van der Waals surface area contributed by atoms with Crippen molar-refractivity contribution in [3.8, 4) is 0 Å². The van der Waals surface area contributed by atoms with Gasteiger partial charge in [0, 0.05) is 23.6 Å². The Kier molecular flexibility index (Phi) is 6.60. The number of hydrogen-bond donors (Lipinski definition) is 0. The Morgan fingerprint density at radius 1 is 1.55 bits per heavy atom. The molecule has 2 heterocycles. The van der Waals surface area contributed by atoms with Crippen LogP contribution in [0.4, 0.5) is 0 Å². The zero-order valence-electron chi connectivity index (χ0n) is 11.8. The standard InChI is InChI=1S/C15H21NO2S2/c1-2-3-8-18-15(17)13(11-12-6-4-9-19-12)14-16-7-5-10-20-14/h4,6,9,13H,2-3,5,7-8,10-11H2,1H3. The maximum absolute atomic E-state index is 12.3. The fourth-order valence-corrected chi connectivity index (χ4v) is 3.80. The molecule has 1 unspecified atom stereocenters. The lowest BCUT2D eigenvalue weighted by Crippen LogP contribution is -2.28. The van der Waals surface area contributed by atoms with Crippen molar-refractivity contribution < 1.29 is 9.53 Å². The lowest BCUT2D eigenvalue weighted by atomic mass is 10.1. The molecule has 0 saturated heterocycles. The van der Waals surface area contributed by atoms with E-state index in [4.69, 9.17) is 4.74 Å². The molecule has 20 heavy (non-hydrogen) atoms. The predicted octanol–water partition coefficient (Wildman–Crippen LogP) is 3.79. The van der Waals surface area contributed by atoms with Crippen molar-refractivity contribution in [1.82, 2.24) is 0 Å². The number of carbonyl (C=O) groups is 1. The van der Waals surface area contributed by atoms with Crippen LogP contribution in [0, 0.1) is 5.92 Å². The molecule has 1 aromatic rings. The third-order valence-electron chi connectivity index (χ3n) is 3.13. The Hall–Kier alpha value is -0.810. The molecule has 1 atom stereocenters. The minimum absolute atomic E-state index is 0.111. The van der Waals surface area contributed by atoms with Crippen molar-refractivity contribution in [2.24, 2.45) is 10.9 Å². The van der Waals surface area contributed by atoms with Gasteiger partial charge in [0.1, 0.15) is 5.92 Å². The molecule has 1 aliphatic heterocycles. The van der Waals surface area contributed by atoms with Gasteiger partial charge in [0.05, 0.1) is 11.7 Å². The maximum Gasteiger partial charge on any atom is 0.315 e. The molecule has 5 heteroatoms. The highest BCUT2D eigenvalue weighted by molar-refractivity contribution is 8.14. The molecule has 0 spiro atoms. The SMILES string of the molecule is CCCCOC(=O)C(Cc1cccs1)C1=NCCCS1. The minimum atomic E-state index is -0.212. The highest BCUT2D eigenvalue weighted by atomic mass is 32.2. The predicted molar refractivity (Wildman–Crippen MR) is 86.8 cm³/mol. The van der Waals surface area contributed by atoms with E-state index in [1.807, 2.05) is 11.4 Å². The summed E-state index contributed by atoms with van der Waals surface area (Å²) in [4.78, 5) is 18.1. The Morgan fingerprint density at radius 2 is 2.45 bits per heavy atom. The fourth-order valence-electron chi connectivity index (χ4n) is 2.01. The number of hydrogen-bond acceptors (Lipinski definition) is 5. The summed E-state index contributed by atoms with van der Waals surface area (Å²) in [5.41, 5.74) is 0. The van der Waals surface area contributed by atoms with E-state index in [1.54, 1.807) is 23.1 Å². The quantitative estimate of drug-likeness (QED) is 0.568. The van der Waals surface area contributed by atoms with Crippen LogP contribution >= 0.6 is 23.1 Å². The summed E-state index contributed by atoms with van der Waals surface area (Å²) in [6.07, 6.45) is 3.79. The summed E-state index contributed by atoms with van der Waals surface area (Å²) >= 11 is 3.40. The Morgan fingerprint density at radius 3 is 3.10 bits per heavy atom. The Labute approximate surface area is 128 Å². The first-order valence-corrected chi connectivity index (χ1v) is 9.04. The van der Waals surface area contributed by atoms with Crippen LogP contribution in [0.15, 0.2) is 22.5 Å². The Balaban J connectivity index is 2.02. The van der Waals surface area contributed by atoms with Crippen LogP contribution in [0.1, 0.15) is 31.1 Å². The van der Waals surface area contributed by atoms with E-state index < -0.39 is 0 Å². The Bertz CT molecular complexity index is 443. The van der Waals surface area contributed by atoms with Gasteiger partial charge in [0.2, 0.25) is 0 Å². The molecule has 0 aromatic carbocycles. The van der Waals surface area contributed by atoms with Gasteiger partial charge < -0.3 is 4.74 Å². The van der Waals surface area contributed by atoms with E-state index in [0.29, 0.717) is 13.0 Å². The number of aliphatic imine (C=N–C) groups is 1. The van der Waals surface area contributed by atoms with Gasteiger partial charge in [-0.05, 0) is 24.3 Å². The van der Waals surface area contributed by atoms with Crippen LogP contribution in [-0.4, -0.2) is 29.9 Å². The van der Waals surface area contributed by atoms with Gasteiger partial charge in [-0.1, -0.05) is 19.4 Å². The minimum Gasteiger partial charge on any atom is -0.465 e. The first-order valence-electron chi connectivity index (χ1n) is 7.17. The number of ether oxygens (including phenoxy) is 1. The van der Waals surface area contributed by atoms with Gasteiger partial charge in [0.15, 0.2) is 0 Å². The lowest BCUT2D eigenvalue weighted by molar-refractivity contribution is -0.146. The number of rotatable bonds is 7. The van der Waals surface area contributed by atoms with Crippen LogP contribution in [0.3, 0.4) is 0 Å². The van der Waals surface area contributed by atoms with E-state index in [2.05, 4.69) is 18.0 Å². The number of unbranched alkanes of at least 4 members (excludes halogenated alkanes) is 1. The third kappa shape index (κ3) is 4.63. The number of thioether (sulfide) groups is 1. The van der Waals surface area contributed by atoms with Gasteiger partial charge >= 0.3 is 5.97 Å². The number of thiophene rings is 1. The van der Waals surface area contributed by atoms with Crippen LogP contribution < -0.4 is 0 Å². The van der Waals surface area contributed by atoms with E-state index in [1.165, 1.54) is 4.88 Å². The largest absolute Gasteiger partial charge is 0.465 e. The average molecular weight is 311 g/mol. The van der Waals surface area contributed by atoms with E-state index in [0.717, 1.165) is 36.6 Å². The topological polar surface area (TPSA) is 38.7 Å². The molecule has 0 bridgehead atoms. The fraction of sp³-hybridized carbons (Fsp3) is 0.600. The molecule has 0 amide bonds. The second-order valence-electron chi connectivity index (χ2n) is 4.78. The molecule has 0 saturated carbocycles. The number of esters is 1. The molecule has 0 fully saturated rings. The van der Waals surface area contributed by atoms with E-state index in [9.17, 15) is 4.79 Å². The van der Waals surface area contributed by atoms with Crippen molar-refractivity contribution in [1.29, 1.82) is 0 Å². The van der Waals surface area contributed by atoms with Crippen molar-refractivity contribution in [2.45, 2.75) is 32.6 Å². The average Bonchev–Trinajstić information content (AvgIpc) is 2.99. The van der Waals surface area contributed by atoms with Gasteiger partial charge in [-0.25, -0.2) is 0 Å². The van der Waals surface area contributed by atoms with Gasteiger partial charge in [-0.2, -0.15) is 0 Å². The molecular weight excluding hydrogens is 290 g/mol. The molecule has 3 nitrogen and oxygen atoms in total. The number of carbonyl (C=O) groups excluding carboxylic acids is 1. The third-order valence-corrected chi connectivity index (χ3v) is 5.23. The highest BCUT2D eigenvalue weighted by Crippen LogP contribution is 2.25. The van der Waals surface area contributed by atoms with Gasteiger partial charge in [-0.15, -0.1) is 23.1 Å². The summed E-state index contributed by atoms with van der Waals surface area (Å²) in [6.45, 7) is 3.46. The maximum atomic E-state index is 12.3. The van der Waals surface area contributed by atoms with Crippen molar-refractivity contribution in [2.75, 3.05) is 18.9 Å². The van der Waals surface area contributed by atoms with Crippen molar-refractivity contribution >= 4 is 34.1 Å². The molecule has 1 aliphatic rings. The molecule has 0 aliphatic carbocycles. The summed E-state index contributed by atoms with van der Waals surface area (Å²) < 4.78 is 5.42.